The number of amides is 1. The Kier molecular flexibility index (Phi) is 3.54. The third kappa shape index (κ3) is 2.22. The van der Waals surface area contributed by atoms with E-state index >= 15 is 0 Å². The van der Waals surface area contributed by atoms with Crippen molar-refractivity contribution < 1.29 is 4.79 Å². The molecule has 0 spiro atoms. The van der Waals surface area contributed by atoms with Gasteiger partial charge < -0.3 is 4.90 Å². The SMILES string of the molecule is CCCn1nccc1C(=O)N1CCC1c1ccccc1. The Morgan fingerprint density at radius 1 is 1.30 bits per heavy atom. The lowest BCUT2D eigenvalue weighted by atomic mass is 9.94. The zero-order chi connectivity index (χ0) is 13.9. The van der Waals surface area contributed by atoms with Crippen LogP contribution >= 0.6 is 0 Å². The van der Waals surface area contributed by atoms with Gasteiger partial charge >= 0.3 is 0 Å². The van der Waals surface area contributed by atoms with Crippen LogP contribution in [0.5, 0.6) is 0 Å². The van der Waals surface area contributed by atoms with Gasteiger partial charge in [-0.3, -0.25) is 9.48 Å². The van der Waals surface area contributed by atoms with Crippen LogP contribution in [0, 0.1) is 0 Å². The molecule has 0 saturated carbocycles. The minimum Gasteiger partial charge on any atom is -0.330 e. The fraction of sp³-hybridized carbons (Fsp3) is 0.375. The number of carbonyl (C=O) groups is 1. The first-order valence-corrected chi connectivity index (χ1v) is 7.19. The van der Waals surface area contributed by atoms with Crippen molar-refractivity contribution in [2.75, 3.05) is 6.54 Å². The average Bonchev–Trinajstić information content (AvgIpc) is 2.87. The fourth-order valence-electron chi connectivity index (χ4n) is 2.70. The highest BCUT2D eigenvalue weighted by atomic mass is 16.2. The summed E-state index contributed by atoms with van der Waals surface area (Å²) >= 11 is 0. The van der Waals surface area contributed by atoms with E-state index in [0.29, 0.717) is 5.69 Å². The second-order valence-electron chi connectivity index (χ2n) is 5.15. The quantitative estimate of drug-likeness (QED) is 0.856. The van der Waals surface area contributed by atoms with Gasteiger partial charge in [-0.05, 0) is 24.5 Å². The number of carbonyl (C=O) groups excluding carboxylic acids is 1. The Morgan fingerprint density at radius 3 is 2.75 bits per heavy atom. The minimum atomic E-state index is 0.0936. The molecule has 0 bridgehead atoms. The van der Waals surface area contributed by atoms with E-state index in [1.807, 2.05) is 33.8 Å². The van der Waals surface area contributed by atoms with Gasteiger partial charge in [0, 0.05) is 19.3 Å². The number of aromatic nitrogens is 2. The molecule has 1 saturated heterocycles. The molecule has 0 radical (unpaired) electrons. The summed E-state index contributed by atoms with van der Waals surface area (Å²) in [5, 5.41) is 4.23. The van der Waals surface area contributed by atoms with E-state index in [9.17, 15) is 4.79 Å². The van der Waals surface area contributed by atoms with Crippen molar-refractivity contribution in [1.29, 1.82) is 0 Å². The zero-order valence-corrected chi connectivity index (χ0v) is 11.7. The molecule has 4 heteroatoms. The number of aryl methyl sites for hydroxylation is 1. The molecular weight excluding hydrogens is 250 g/mol. The van der Waals surface area contributed by atoms with Gasteiger partial charge in [0.05, 0.1) is 6.04 Å². The van der Waals surface area contributed by atoms with E-state index < -0.39 is 0 Å². The molecule has 2 heterocycles. The summed E-state index contributed by atoms with van der Waals surface area (Å²) in [6.07, 6.45) is 3.72. The van der Waals surface area contributed by atoms with Crippen LogP contribution in [0.15, 0.2) is 42.6 Å². The molecule has 4 nitrogen and oxygen atoms in total. The average molecular weight is 269 g/mol. The maximum atomic E-state index is 12.6. The first-order chi connectivity index (χ1) is 9.81. The molecule has 1 amide bonds. The van der Waals surface area contributed by atoms with Crippen LogP contribution < -0.4 is 0 Å². The van der Waals surface area contributed by atoms with Gasteiger partial charge in [-0.25, -0.2) is 0 Å². The lowest BCUT2D eigenvalue weighted by molar-refractivity contribution is 0.0447. The molecule has 1 aliphatic heterocycles. The zero-order valence-electron chi connectivity index (χ0n) is 11.7. The maximum Gasteiger partial charge on any atom is 0.272 e. The first-order valence-electron chi connectivity index (χ1n) is 7.19. The number of hydrogen-bond donors (Lipinski definition) is 0. The van der Waals surface area contributed by atoms with E-state index in [-0.39, 0.29) is 11.9 Å². The van der Waals surface area contributed by atoms with Crippen LogP contribution in [-0.4, -0.2) is 27.1 Å². The Bertz CT molecular complexity index is 591. The van der Waals surface area contributed by atoms with Gasteiger partial charge in [0.1, 0.15) is 5.69 Å². The normalized spacial score (nSPS) is 17.9. The number of likely N-dealkylation sites (tertiary alicyclic amines) is 1. The van der Waals surface area contributed by atoms with Crippen LogP contribution in [0.1, 0.15) is 41.9 Å². The van der Waals surface area contributed by atoms with E-state index in [0.717, 1.165) is 25.9 Å². The van der Waals surface area contributed by atoms with Gasteiger partial charge in [0.2, 0.25) is 0 Å². The van der Waals surface area contributed by atoms with Crippen LogP contribution in [0.4, 0.5) is 0 Å². The summed E-state index contributed by atoms with van der Waals surface area (Å²) < 4.78 is 1.81. The van der Waals surface area contributed by atoms with Crippen molar-refractivity contribution in [2.24, 2.45) is 0 Å². The van der Waals surface area contributed by atoms with E-state index in [1.165, 1.54) is 5.56 Å². The molecule has 1 atom stereocenters. The number of hydrogen-bond acceptors (Lipinski definition) is 2. The van der Waals surface area contributed by atoms with E-state index in [4.69, 9.17) is 0 Å². The predicted molar refractivity (Wildman–Crippen MR) is 77.4 cm³/mol. The van der Waals surface area contributed by atoms with Gasteiger partial charge in [-0.1, -0.05) is 37.3 Å². The topological polar surface area (TPSA) is 38.1 Å². The second-order valence-corrected chi connectivity index (χ2v) is 5.15. The van der Waals surface area contributed by atoms with Gasteiger partial charge in [-0.15, -0.1) is 0 Å². The summed E-state index contributed by atoms with van der Waals surface area (Å²) in [6, 6.07) is 12.3. The Labute approximate surface area is 119 Å². The monoisotopic (exact) mass is 269 g/mol. The highest BCUT2D eigenvalue weighted by molar-refractivity contribution is 5.93. The van der Waals surface area contributed by atoms with Gasteiger partial charge in [0.25, 0.3) is 5.91 Å². The predicted octanol–water partition coefficient (Wildman–Crippen LogP) is 2.88. The number of benzene rings is 1. The van der Waals surface area contributed by atoms with Crippen molar-refractivity contribution in [3.8, 4) is 0 Å². The second kappa shape index (κ2) is 5.49. The molecule has 1 unspecified atom stereocenters. The van der Waals surface area contributed by atoms with Gasteiger partial charge in [-0.2, -0.15) is 5.10 Å². The molecule has 1 aliphatic rings. The summed E-state index contributed by atoms with van der Waals surface area (Å²) in [6.45, 7) is 3.71. The lowest BCUT2D eigenvalue weighted by Gasteiger charge is -2.41. The van der Waals surface area contributed by atoms with Crippen molar-refractivity contribution >= 4 is 5.91 Å². The van der Waals surface area contributed by atoms with Crippen molar-refractivity contribution in [3.05, 3.63) is 53.9 Å². The molecule has 0 aliphatic carbocycles. The molecule has 0 N–H and O–H groups in total. The third-order valence-electron chi connectivity index (χ3n) is 3.84. The highest BCUT2D eigenvalue weighted by Gasteiger charge is 2.34. The standard InChI is InChI=1S/C16H19N3O/c1-2-11-19-15(8-10-17-19)16(20)18-12-9-14(18)13-6-4-3-5-7-13/h3-8,10,14H,2,9,11-12H2,1H3. The van der Waals surface area contributed by atoms with Gasteiger partial charge in [0.15, 0.2) is 0 Å². The Balaban J connectivity index is 1.79. The van der Waals surface area contributed by atoms with Crippen molar-refractivity contribution in [1.82, 2.24) is 14.7 Å². The van der Waals surface area contributed by atoms with Crippen LogP contribution in [0.2, 0.25) is 0 Å². The van der Waals surface area contributed by atoms with Crippen molar-refractivity contribution in [3.63, 3.8) is 0 Å². The highest BCUT2D eigenvalue weighted by Crippen LogP contribution is 2.34. The molecule has 2 aromatic rings. The molecule has 1 aromatic heterocycles. The molecular formula is C16H19N3O. The summed E-state index contributed by atoms with van der Waals surface area (Å²) in [7, 11) is 0. The fourth-order valence-corrected chi connectivity index (χ4v) is 2.70. The summed E-state index contributed by atoms with van der Waals surface area (Å²) in [4.78, 5) is 14.6. The molecule has 104 valence electrons. The lowest BCUT2D eigenvalue weighted by Crippen LogP contribution is -2.45. The smallest absolute Gasteiger partial charge is 0.272 e. The van der Waals surface area contributed by atoms with Crippen molar-refractivity contribution in [2.45, 2.75) is 32.4 Å². The molecule has 20 heavy (non-hydrogen) atoms. The number of nitrogens with zero attached hydrogens (tertiary/aromatic N) is 3. The first kappa shape index (κ1) is 12.9. The largest absolute Gasteiger partial charge is 0.330 e. The number of rotatable bonds is 4. The summed E-state index contributed by atoms with van der Waals surface area (Å²) in [5.41, 5.74) is 1.92. The third-order valence-corrected chi connectivity index (χ3v) is 3.84. The minimum absolute atomic E-state index is 0.0936. The van der Waals surface area contributed by atoms with E-state index in [1.54, 1.807) is 6.20 Å². The van der Waals surface area contributed by atoms with Crippen LogP contribution in [-0.2, 0) is 6.54 Å². The molecule has 3 rings (SSSR count). The van der Waals surface area contributed by atoms with Crippen LogP contribution in [0.25, 0.3) is 0 Å². The summed E-state index contributed by atoms with van der Waals surface area (Å²) in [5.74, 6) is 0.0936. The Morgan fingerprint density at radius 2 is 2.10 bits per heavy atom. The Hall–Kier alpha value is -2.10. The maximum absolute atomic E-state index is 12.6. The molecule has 1 aromatic carbocycles. The van der Waals surface area contributed by atoms with E-state index in [2.05, 4.69) is 24.2 Å². The molecule has 1 fully saturated rings. The van der Waals surface area contributed by atoms with Crippen LogP contribution in [0.3, 0.4) is 0 Å².